The molecule has 1 N–H and O–H groups in total. The van der Waals surface area contributed by atoms with Gasteiger partial charge in [0, 0.05) is 16.8 Å². The molecule has 0 spiro atoms. The van der Waals surface area contributed by atoms with Crippen molar-refractivity contribution in [2.75, 3.05) is 5.32 Å². The Kier molecular flexibility index (Phi) is 4.75. The van der Waals surface area contributed by atoms with Crippen LogP contribution in [0.4, 0.5) is 14.5 Å². The summed E-state index contributed by atoms with van der Waals surface area (Å²) in [4.78, 5) is 11.9. The summed E-state index contributed by atoms with van der Waals surface area (Å²) in [5, 5.41) is 2.86. The summed E-state index contributed by atoms with van der Waals surface area (Å²) in [5.41, 5.74) is 0.0269. The lowest BCUT2D eigenvalue weighted by Crippen LogP contribution is -2.30. The number of nitrogens with one attached hydrogen (secondary N) is 1. The molecule has 2 rings (SSSR count). The van der Waals surface area contributed by atoms with E-state index >= 15 is 0 Å². The first-order valence-corrected chi connectivity index (χ1v) is 6.51. The van der Waals surface area contributed by atoms with Gasteiger partial charge in [0.1, 0.15) is 17.4 Å². The molecule has 110 valence electrons. The Labute approximate surface area is 125 Å². The highest BCUT2D eigenvalue weighted by atomic mass is 35.5. The number of anilines is 1. The molecular formula is C15H12ClF2NO2. The molecule has 1 atom stereocenters. The number of rotatable bonds is 4. The molecule has 1 amide bonds. The lowest BCUT2D eigenvalue weighted by atomic mass is 10.2. The van der Waals surface area contributed by atoms with E-state index in [4.69, 9.17) is 16.3 Å². The van der Waals surface area contributed by atoms with Crippen LogP contribution >= 0.6 is 11.6 Å². The first-order valence-electron chi connectivity index (χ1n) is 6.13. The first kappa shape index (κ1) is 15.3. The standard InChI is InChI=1S/C15H12ClF2NO2/c1-9(21-14-4-2-3-10(16)5-14)15(20)19-13-7-11(17)6-12(18)8-13/h2-9H,1H3,(H,19,20). The lowest BCUT2D eigenvalue weighted by molar-refractivity contribution is -0.122. The van der Waals surface area contributed by atoms with Crippen LogP contribution < -0.4 is 10.1 Å². The molecule has 0 aromatic heterocycles. The fourth-order valence-electron chi connectivity index (χ4n) is 1.67. The summed E-state index contributed by atoms with van der Waals surface area (Å²) in [6.07, 6.45) is -0.852. The van der Waals surface area contributed by atoms with Crippen molar-refractivity contribution in [2.24, 2.45) is 0 Å². The number of hydrogen-bond donors (Lipinski definition) is 1. The average Bonchev–Trinajstić information content (AvgIpc) is 2.37. The summed E-state index contributed by atoms with van der Waals surface area (Å²) in [6.45, 7) is 1.52. The Morgan fingerprint density at radius 1 is 1.19 bits per heavy atom. The molecule has 1 unspecified atom stereocenters. The molecule has 0 aliphatic heterocycles. The van der Waals surface area contributed by atoms with Crippen LogP contribution in [0.3, 0.4) is 0 Å². The second kappa shape index (κ2) is 6.54. The molecule has 0 radical (unpaired) electrons. The zero-order valence-electron chi connectivity index (χ0n) is 11.1. The molecule has 6 heteroatoms. The van der Waals surface area contributed by atoms with Crippen LogP contribution in [0.15, 0.2) is 42.5 Å². The number of benzene rings is 2. The van der Waals surface area contributed by atoms with Gasteiger partial charge in [0.15, 0.2) is 6.10 Å². The van der Waals surface area contributed by atoms with Gasteiger partial charge in [-0.25, -0.2) is 8.78 Å². The van der Waals surface area contributed by atoms with E-state index < -0.39 is 23.6 Å². The fourth-order valence-corrected chi connectivity index (χ4v) is 1.85. The Hall–Kier alpha value is -2.14. The van der Waals surface area contributed by atoms with Crippen LogP contribution in [0, 0.1) is 11.6 Å². The average molecular weight is 312 g/mol. The van der Waals surface area contributed by atoms with E-state index in [0.717, 1.165) is 18.2 Å². The SMILES string of the molecule is CC(Oc1cccc(Cl)c1)C(=O)Nc1cc(F)cc(F)c1. The van der Waals surface area contributed by atoms with E-state index in [0.29, 0.717) is 10.8 Å². The summed E-state index contributed by atoms with van der Waals surface area (Å²) in [5.74, 6) is -1.64. The van der Waals surface area contributed by atoms with E-state index in [-0.39, 0.29) is 5.69 Å². The van der Waals surface area contributed by atoms with E-state index in [1.54, 1.807) is 24.3 Å². The predicted molar refractivity (Wildman–Crippen MR) is 76.5 cm³/mol. The van der Waals surface area contributed by atoms with E-state index in [2.05, 4.69) is 5.32 Å². The molecule has 0 saturated heterocycles. The summed E-state index contributed by atoms with van der Waals surface area (Å²) in [6, 6.07) is 9.34. The monoisotopic (exact) mass is 311 g/mol. The third kappa shape index (κ3) is 4.43. The summed E-state index contributed by atoms with van der Waals surface area (Å²) in [7, 11) is 0. The van der Waals surface area contributed by atoms with Crippen molar-refractivity contribution in [3.8, 4) is 5.75 Å². The Bertz CT molecular complexity index is 644. The van der Waals surface area contributed by atoms with Gasteiger partial charge in [-0.05, 0) is 37.3 Å². The zero-order valence-corrected chi connectivity index (χ0v) is 11.8. The van der Waals surface area contributed by atoms with Crippen LogP contribution in [0.2, 0.25) is 5.02 Å². The highest BCUT2D eigenvalue weighted by Crippen LogP contribution is 2.19. The van der Waals surface area contributed by atoms with Gasteiger partial charge in [-0.3, -0.25) is 4.79 Å². The maximum atomic E-state index is 13.0. The van der Waals surface area contributed by atoms with Crippen molar-refractivity contribution in [1.29, 1.82) is 0 Å². The largest absolute Gasteiger partial charge is 0.481 e. The maximum absolute atomic E-state index is 13.0. The van der Waals surface area contributed by atoms with Gasteiger partial charge in [-0.2, -0.15) is 0 Å². The summed E-state index contributed by atoms with van der Waals surface area (Å²) >= 11 is 5.81. The van der Waals surface area contributed by atoms with Gasteiger partial charge in [-0.1, -0.05) is 17.7 Å². The molecule has 21 heavy (non-hydrogen) atoms. The first-order chi connectivity index (χ1) is 9.94. The van der Waals surface area contributed by atoms with Crippen molar-refractivity contribution in [1.82, 2.24) is 0 Å². The second-order valence-electron chi connectivity index (χ2n) is 4.36. The lowest BCUT2D eigenvalue weighted by Gasteiger charge is -2.15. The molecule has 0 bridgehead atoms. The Morgan fingerprint density at radius 3 is 2.48 bits per heavy atom. The number of halogens is 3. The van der Waals surface area contributed by atoms with Gasteiger partial charge in [0.2, 0.25) is 0 Å². The topological polar surface area (TPSA) is 38.3 Å². The number of amides is 1. The van der Waals surface area contributed by atoms with Gasteiger partial charge >= 0.3 is 0 Å². The normalized spacial score (nSPS) is 11.8. The fraction of sp³-hybridized carbons (Fsp3) is 0.133. The highest BCUT2D eigenvalue weighted by Gasteiger charge is 2.15. The molecule has 2 aromatic rings. The third-order valence-electron chi connectivity index (χ3n) is 2.61. The number of hydrogen-bond acceptors (Lipinski definition) is 2. The molecule has 0 saturated carbocycles. The van der Waals surface area contributed by atoms with Crippen LogP contribution in [0.25, 0.3) is 0 Å². The molecule has 0 heterocycles. The van der Waals surface area contributed by atoms with E-state index in [1.807, 2.05) is 0 Å². The van der Waals surface area contributed by atoms with Crippen molar-refractivity contribution in [2.45, 2.75) is 13.0 Å². The molecular weight excluding hydrogens is 300 g/mol. The maximum Gasteiger partial charge on any atom is 0.265 e. The van der Waals surface area contributed by atoms with Crippen LogP contribution in [0.5, 0.6) is 5.75 Å². The van der Waals surface area contributed by atoms with Gasteiger partial charge in [0.05, 0.1) is 0 Å². The van der Waals surface area contributed by atoms with Crippen LogP contribution in [-0.2, 0) is 4.79 Å². The highest BCUT2D eigenvalue weighted by molar-refractivity contribution is 6.30. The predicted octanol–water partition coefficient (Wildman–Crippen LogP) is 4.02. The smallest absolute Gasteiger partial charge is 0.265 e. The molecule has 0 fully saturated rings. The van der Waals surface area contributed by atoms with Crippen molar-refractivity contribution in [3.05, 3.63) is 59.1 Å². The van der Waals surface area contributed by atoms with Gasteiger partial charge in [-0.15, -0.1) is 0 Å². The molecule has 3 nitrogen and oxygen atoms in total. The second-order valence-corrected chi connectivity index (χ2v) is 4.80. The zero-order chi connectivity index (χ0) is 15.4. The molecule has 0 aliphatic carbocycles. The Morgan fingerprint density at radius 2 is 1.86 bits per heavy atom. The molecule has 0 aliphatic rings. The number of carbonyl (C=O) groups excluding carboxylic acids is 1. The Balaban J connectivity index is 2.02. The molecule has 2 aromatic carbocycles. The van der Waals surface area contributed by atoms with Gasteiger partial charge in [0.25, 0.3) is 5.91 Å². The van der Waals surface area contributed by atoms with Crippen LogP contribution in [0.1, 0.15) is 6.92 Å². The minimum Gasteiger partial charge on any atom is -0.481 e. The van der Waals surface area contributed by atoms with Crippen molar-refractivity contribution in [3.63, 3.8) is 0 Å². The van der Waals surface area contributed by atoms with Crippen molar-refractivity contribution < 1.29 is 18.3 Å². The minimum atomic E-state index is -0.852. The summed E-state index contributed by atoms with van der Waals surface area (Å²) < 4.78 is 31.5. The van der Waals surface area contributed by atoms with E-state index in [9.17, 15) is 13.6 Å². The van der Waals surface area contributed by atoms with Crippen molar-refractivity contribution >= 4 is 23.2 Å². The third-order valence-corrected chi connectivity index (χ3v) is 2.84. The number of carbonyl (C=O) groups is 1. The minimum absolute atomic E-state index is 0.0269. The van der Waals surface area contributed by atoms with E-state index in [1.165, 1.54) is 6.92 Å². The quantitative estimate of drug-likeness (QED) is 0.926. The van der Waals surface area contributed by atoms with Gasteiger partial charge < -0.3 is 10.1 Å². The van der Waals surface area contributed by atoms with Crippen LogP contribution in [-0.4, -0.2) is 12.0 Å². The number of ether oxygens (including phenoxy) is 1.